The van der Waals surface area contributed by atoms with Crippen LogP contribution in [0.15, 0.2) is 24.3 Å². The van der Waals surface area contributed by atoms with Crippen LogP contribution in [0.3, 0.4) is 0 Å². The minimum Gasteiger partial charge on any atom is -0.324 e. The summed E-state index contributed by atoms with van der Waals surface area (Å²) in [6.45, 7) is 1.93. The molecule has 0 aliphatic rings. The molecule has 0 aliphatic carbocycles. The highest BCUT2D eigenvalue weighted by atomic mass is 35.5. The van der Waals surface area contributed by atoms with E-state index in [2.05, 4.69) is 26.1 Å². The van der Waals surface area contributed by atoms with Crippen molar-refractivity contribution in [2.45, 2.75) is 6.92 Å². The number of hydrogen-bond acceptors (Lipinski definition) is 7. The summed E-state index contributed by atoms with van der Waals surface area (Å²) in [6.07, 6.45) is 0. The number of halogens is 1. The lowest BCUT2D eigenvalue weighted by Crippen LogP contribution is -2.14. The summed E-state index contributed by atoms with van der Waals surface area (Å²) in [4.78, 5) is 8.34. The predicted octanol–water partition coefficient (Wildman–Crippen LogP) is 1.75. The van der Waals surface area contributed by atoms with E-state index in [-0.39, 0.29) is 0 Å². The third-order valence-corrected chi connectivity index (χ3v) is 2.69. The van der Waals surface area contributed by atoms with Gasteiger partial charge in [-0.05, 0) is 30.7 Å². The van der Waals surface area contributed by atoms with E-state index in [1.54, 1.807) is 12.1 Å². The Labute approximate surface area is 115 Å². The lowest BCUT2D eigenvalue weighted by Gasteiger charge is -2.11. The summed E-state index contributed by atoms with van der Waals surface area (Å²) in [5.41, 5.74) is 6.71. The highest BCUT2D eigenvalue weighted by Gasteiger charge is 2.05. The third kappa shape index (κ3) is 3.22. The average Bonchev–Trinajstić information content (AvgIpc) is 2.41. The Morgan fingerprint density at radius 3 is 2.21 bits per heavy atom. The van der Waals surface area contributed by atoms with Crippen LogP contribution in [0.4, 0.5) is 23.3 Å². The summed E-state index contributed by atoms with van der Waals surface area (Å²) in [6, 6.07) is 7.06. The molecule has 8 heteroatoms. The molecule has 1 aromatic heterocycles. The zero-order valence-corrected chi connectivity index (χ0v) is 11.0. The summed E-state index contributed by atoms with van der Waals surface area (Å²) in [5, 5.41) is 3.75. The van der Waals surface area contributed by atoms with Crippen molar-refractivity contribution >= 4 is 34.9 Å². The maximum atomic E-state index is 5.90. The maximum Gasteiger partial charge on any atom is 0.231 e. The first kappa shape index (κ1) is 13.3. The molecule has 0 atom stereocenters. The Kier molecular flexibility index (Phi) is 4.00. The number of aromatic nitrogens is 2. The molecule has 2 aromatic rings. The van der Waals surface area contributed by atoms with Gasteiger partial charge in [0.15, 0.2) is 0 Å². The Morgan fingerprint density at radius 1 is 1.05 bits per heavy atom. The molecule has 7 N–H and O–H groups in total. The fourth-order valence-electron chi connectivity index (χ4n) is 1.54. The number of anilines is 4. The van der Waals surface area contributed by atoms with Crippen LogP contribution in [-0.2, 0) is 0 Å². The molecule has 0 fully saturated rings. The van der Waals surface area contributed by atoms with Crippen molar-refractivity contribution in [3.63, 3.8) is 0 Å². The second-order valence-corrected chi connectivity index (χ2v) is 4.27. The van der Waals surface area contributed by atoms with Gasteiger partial charge in [-0.3, -0.25) is 0 Å². The van der Waals surface area contributed by atoms with E-state index in [1.807, 2.05) is 19.1 Å². The standard InChI is InChI=1S/C11H14ClN7/c1-6-4-7(12)2-3-8(6)15-11-16-9(18-13)5-10(17-11)19-14/h2-5H,13-14H2,1H3,(H3,15,16,17,18,19). The van der Waals surface area contributed by atoms with Gasteiger partial charge in [0.05, 0.1) is 0 Å². The second kappa shape index (κ2) is 5.70. The van der Waals surface area contributed by atoms with E-state index in [1.165, 1.54) is 0 Å². The van der Waals surface area contributed by atoms with Crippen molar-refractivity contribution in [1.82, 2.24) is 9.97 Å². The van der Waals surface area contributed by atoms with Crippen molar-refractivity contribution in [2.24, 2.45) is 11.7 Å². The van der Waals surface area contributed by atoms with Gasteiger partial charge in [0.1, 0.15) is 11.6 Å². The molecule has 2 rings (SSSR count). The van der Waals surface area contributed by atoms with Crippen LogP contribution in [-0.4, -0.2) is 9.97 Å². The molecule has 0 radical (unpaired) electrons. The van der Waals surface area contributed by atoms with Crippen molar-refractivity contribution in [1.29, 1.82) is 0 Å². The number of nitrogens with zero attached hydrogens (tertiary/aromatic N) is 2. The number of nitrogens with two attached hydrogens (primary N) is 2. The molecular formula is C11H14ClN7. The average molecular weight is 280 g/mol. The van der Waals surface area contributed by atoms with Crippen molar-refractivity contribution in [3.8, 4) is 0 Å². The number of hydrazine groups is 2. The first-order valence-electron chi connectivity index (χ1n) is 5.48. The van der Waals surface area contributed by atoms with Gasteiger partial charge in [-0.15, -0.1) is 0 Å². The topological polar surface area (TPSA) is 114 Å². The van der Waals surface area contributed by atoms with Gasteiger partial charge in [-0.1, -0.05) is 11.6 Å². The number of hydrogen-bond donors (Lipinski definition) is 5. The first-order valence-corrected chi connectivity index (χ1v) is 5.85. The maximum absolute atomic E-state index is 5.90. The van der Waals surface area contributed by atoms with E-state index >= 15 is 0 Å². The Hall–Kier alpha value is -2.09. The minimum atomic E-state index is 0.369. The normalized spacial score (nSPS) is 10.1. The fourth-order valence-corrected chi connectivity index (χ4v) is 1.77. The van der Waals surface area contributed by atoms with Gasteiger partial charge >= 0.3 is 0 Å². The van der Waals surface area contributed by atoms with Crippen LogP contribution in [0, 0.1) is 6.92 Å². The van der Waals surface area contributed by atoms with Crippen molar-refractivity contribution in [2.75, 3.05) is 16.2 Å². The second-order valence-electron chi connectivity index (χ2n) is 3.83. The quantitative estimate of drug-likeness (QED) is 0.428. The van der Waals surface area contributed by atoms with Crippen LogP contribution in [0.1, 0.15) is 5.56 Å². The van der Waals surface area contributed by atoms with Crippen LogP contribution >= 0.6 is 11.6 Å². The summed E-state index contributed by atoms with van der Waals surface area (Å²) >= 11 is 5.90. The molecule has 0 aliphatic heterocycles. The molecule has 0 spiro atoms. The van der Waals surface area contributed by atoms with E-state index in [0.717, 1.165) is 11.3 Å². The van der Waals surface area contributed by atoms with Gasteiger partial charge in [-0.25, -0.2) is 11.7 Å². The number of nitrogen functional groups attached to an aromatic ring is 2. The molecule has 19 heavy (non-hydrogen) atoms. The van der Waals surface area contributed by atoms with Gasteiger partial charge in [-0.2, -0.15) is 9.97 Å². The number of benzene rings is 1. The highest BCUT2D eigenvalue weighted by Crippen LogP contribution is 2.23. The van der Waals surface area contributed by atoms with Gasteiger partial charge in [0, 0.05) is 16.8 Å². The monoisotopic (exact) mass is 279 g/mol. The minimum absolute atomic E-state index is 0.369. The first-order chi connectivity index (χ1) is 9.12. The molecular weight excluding hydrogens is 266 g/mol. The Bertz CT molecular complexity index is 565. The molecule has 100 valence electrons. The Morgan fingerprint density at radius 2 is 1.68 bits per heavy atom. The van der Waals surface area contributed by atoms with Gasteiger partial charge in [0.2, 0.25) is 5.95 Å². The van der Waals surface area contributed by atoms with Crippen LogP contribution in [0.25, 0.3) is 0 Å². The Balaban J connectivity index is 2.31. The molecule has 0 unspecified atom stereocenters. The number of aryl methyl sites for hydroxylation is 1. The largest absolute Gasteiger partial charge is 0.324 e. The van der Waals surface area contributed by atoms with Gasteiger partial charge < -0.3 is 16.2 Å². The molecule has 0 saturated heterocycles. The van der Waals surface area contributed by atoms with Crippen LogP contribution in [0.2, 0.25) is 5.02 Å². The molecule has 0 bridgehead atoms. The zero-order chi connectivity index (χ0) is 13.8. The summed E-state index contributed by atoms with van der Waals surface area (Å²) in [7, 11) is 0. The van der Waals surface area contributed by atoms with E-state index in [4.69, 9.17) is 23.3 Å². The SMILES string of the molecule is Cc1cc(Cl)ccc1Nc1nc(NN)cc(NN)n1. The molecule has 0 saturated carbocycles. The highest BCUT2D eigenvalue weighted by molar-refractivity contribution is 6.30. The number of nitrogens with one attached hydrogen (secondary N) is 3. The lowest BCUT2D eigenvalue weighted by molar-refractivity contribution is 1.12. The molecule has 1 aromatic carbocycles. The van der Waals surface area contributed by atoms with E-state index < -0.39 is 0 Å². The molecule has 7 nitrogen and oxygen atoms in total. The lowest BCUT2D eigenvalue weighted by atomic mass is 10.2. The molecule has 0 amide bonds. The van der Waals surface area contributed by atoms with E-state index in [9.17, 15) is 0 Å². The van der Waals surface area contributed by atoms with E-state index in [0.29, 0.717) is 22.6 Å². The van der Waals surface area contributed by atoms with Crippen LogP contribution in [0.5, 0.6) is 0 Å². The molecule has 1 heterocycles. The predicted molar refractivity (Wildman–Crippen MR) is 77.1 cm³/mol. The summed E-state index contributed by atoms with van der Waals surface area (Å²) < 4.78 is 0. The summed E-state index contributed by atoms with van der Waals surface area (Å²) in [5.74, 6) is 11.9. The van der Waals surface area contributed by atoms with Gasteiger partial charge in [0.25, 0.3) is 0 Å². The fraction of sp³-hybridized carbons (Fsp3) is 0.0909. The third-order valence-electron chi connectivity index (χ3n) is 2.46. The smallest absolute Gasteiger partial charge is 0.231 e. The van der Waals surface area contributed by atoms with Crippen LogP contribution < -0.4 is 27.9 Å². The number of rotatable bonds is 4. The zero-order valence-electron chi connectivity index (χ0n) is 10.2. The van der Waals surface area contributed by atoms with Crippen molar-refractivity contribution in [3.05, 3.63) is 34.9 Å². The van der Waals surface area contributed by atoms with Crippen molar-refractivity contribution < 1.29 is 0 Å².